The predicted octanol–water partition coefficient (Wildman–Crippen LogP) is 6.78. The van der Waals surface area contributed by atoms with Crippen LogP contribution in [0, 0.1) is 10.8 Å². The third-order valence-corrected chi connectivity index (χ3v) is 11.4. The summed E-state index contributed by atoms with van der Waals surface area (Å²) >= 11 is 0. The van der Waals surface area contributed by atoms with Gasteiger partial charge in [0.25, 0.3) is 0 Å². The second-order valence-corrected chi connectivity index (χ2v) is 14.6. The van der Waals surface area contributed by atoms with Crippen LogP contribution in [-0.4, -0.2) is 38.5 Å². The maximum atomic E-state index is 14.3. The average molecular weight is 558 g/mol. The van der Waals surface area contributed by atoms with Gasteiger partial charge in [-0.05, 0) is 112 Å². The highest BCUT2D eigenvalue weighted by Crippen LogP contribution is 2.71. The maximum Gasteiger partial charge on any atom is 0.247 e. The van der Waals surface area contributed by atoms with Crippen molar-refractivity contribution in [2.75, 3.05) is 11.4 Å². The molecule has 11 rings (SSSR count). The van der Waals surface area contributed by atoms with Crippen molar-refractivity contribution in [3.8, 4) is 11.5 Å². The number of fused-ring (bicyclic) bond motifs is 3. The molecular weight excluding hydrogens is 521 g/mol. The van der Waals surface area contributed by atoms with Crippen molar-refractivity contribution in [1.29, 1.82) is 0 Å². The number of hydrogen-bond acceptors (Lipinski definition) is 7. The van der Waals surface area contributed by atoms with Gasteiger partial charge < -0.3 is 13.7 Å². The highest BCUT2D eigenvalue weighted by Gasteiger charge is 2.69. The Kier molecular flexibility index (Phi) is 4.93. The van der Waals surface area contributed by atoms with E-state index < -0.39 is 5.67 Å². The average Bonchev–Trinajstić information content (AvgIpc) is 3.90. The Morgan fingerprint density at radius 2 is 1.51 bits per heavy atom. The van der Waals surface area contributed by atoms with Crippen molar-refractivity contribution < 1.29 is 18.0 Å². The van der Waals surface area contributed by atoms with E-state index in [4.69, 9.17) is 8.83 Å². The number of anilines is 1. The number of alkyl halides is 1. The molecule has 0 N–H and O–H groups in total. The zero-order valence-corrected chi connectivity index (χ0v) is 23.4. The summed E-state index contributed by atoms with van der Waals surface area (Å²) in [5, 5.41) is 17.5. The number of nitrogens with zero attached hydrogens (tertiary/aromatic N) is 5. The van der Waals surface area contributed by atoms with Crippen LogP contribution in [0.4, 0.5) is 10.1 Å². The van der Waals surface area contributed by atoms with E-state index in [1.807, 2.05) is 29.2 Å². The first-order valence-corrected chi connectivity index (χ1v) is 15.6. The summed E-state index contributed by atoms with van der Waals surface area (Å²) in [4.78, 5) is 16.1. The fraction of sp³-hybridized carbons (Fsp3) is 0.656. The van der Waals surface area contributed by atoms with Crippen molar-refractivity contribution in [2.45, 2.75) is 113 Å². The first-order valence-electron chi connectivity index (χ1n) is 15.6. The fourth-order valence-corrected chi connectivity index (χ4v) is 8.54. The molecular formula is C32H36FN5O3. The Labute approximate surface area is 238 Å². The summed E-state index contributed by atoms with van der Waals surface area (Å²) in [5.74, 6) is 3.83. The van der Waals surface area contributed by atoms with Crippen LogP contribution in [0.25, 0.3) is 11.5 Å². The minimum absolute atomic E-state index is 0.0187. The molecule has 8 saturated carbocycles. The van der Waals surface area contributed by atoms with E-state index in [0.29, 0.717) is 55.8 Å². The van der Waals surface area contributed by atoms with Crippen LogP contribution in [0.15, 0.2) is 33.1 Å². The first-order chi connectivity index (χ1) is 19.8. The van der Waals surface area contributed by atoms with Crippen LogP contribution in [-0.2, 0) is 10.2 Å². The molecule has 9 heteroatoms. The lowest BCUT2D eigenvalue weighted by atomic mass is 9.41. The Balaban J connectivity index is 0.979. The zero-order chi connectivity index (χ0) is 27.5. The van der Waals surface area contributed by atoms with Crippen LogP contribution >= 0.6 is 0 Å². The summed E-state index contributed by atoms with van der Waals surface area (Å²) in [6.45, 7) is 0.677. The SMILES string of the molecule is O=C(CC12CC(F)(C1)C2)N(CC12CCC(c3nnc(C4CC4)o3)(CC1)CC2)c1cccc(-c2nnc(C3CC3)o2)c1. The number of halogens is 1. The van der Waals surface area contributed by atoms with Crippen LogP contribution in [0.5, 0.6) is 0 Å². The molecule has 8 nitrogen and oxygen atoms in total. The Morgan fingerprint density at radius 1 is 0.854 bits per heavy atom. The van der Waals surface area contributed by atoms with Gasteiger partial charge in [-0.2, -0.15) is 0 Å². The molecule has 8 fully saturated rings. The van der Waals surface area contributed by atoms with E-state index in [0.717, 1.165) is 87.2 Å². The normalized spacial score (nSPS) is 35.1. The Bertz CT molecular complexity index is 1490. The van der Waals surface area contributed by atoms with Crippen molar-refractivity contribution in [2.24, 2.45) is 10.8 Å². The van der Waals surface area contributed by atoms with Crippen LogP contribution < -0.4 is 4.90 Å². The third kappa shape index (κ3) is 4.01. The first kappa shape index (κ1) is 24.5. The minimum Gasteiger partial charge on any atom is -0.424 e. The van der Waals surface area contributed by atoms with Gasteiger partial charge in [-0.25, -0.2) is 4.39 Å². The molecule has 2 heterocycles. The quantitative estimate of drug-likeness (QED) is 0.286. The van der Waals surface area contributed by atoms with Gasteiger partial charge >= 0.3 is 0 Å². The molecule has 0 saturated heterocycles. The molecule has 8 aliphatic rings. The summed E-state index contributed by atoms with van der Waals surface area (Å²) in [5.41, 5.74) is 0.580. The standard InChI is InChI=1S/C32H36FN5O3/c33-32-16-30(17-32,18-32)15-24(39)38(23-3-1-2-22(14-23)27-35-34-25(40-27)20-4-5-20)19-29-8-11-31(12-9-29,13-10-29)28-37-36-26(41-28)21-6-7-21/h1-3,14,20-21H,4-13,15-19H2. The van der Waals surface area contributed by atoms with Crippen LogP contribution in [0.2, 0.25) is 0 Å². The number of carbonyl (C=O) groups is 1. The molecule has 1 amide bonds. The predicted molar refractivity (Wildman–Crippen MR) is 147 cm³/mol. The van der Waals surface area contributed by atoms with Crippen molar-refractivity contribution in [3.63, 3.8) is 0 Å². The Morgan fingerprint density at radius 3 is 2.17 bits per heavy atom. The minimum atomic E-state index is -1.01. The van der Waals surface area contributed by atoms with E-state index in [1.54, 1.807) is 0 Å². The molecule has 0 unspecified atom stereocenters. The fourth-order valence-electron chi connectivity index (χ4n) is 8.54. The van der Waals surface area contributed by atoms with Gasteiger partial charge in [0.15, 0.2) is 0 Å². The molecule has 0 aliphatic heterocycles. The molecule has 214 valence electrons. The summed E-state index contributed by atoms with van der Waals surface area (Å²) in [6, 6.07) is 7.98. The molecule has 4 bridgehead atoms. The molecule has 8 aliphatic carbocycles. The molecule has 0 spiro atoms. The van der Waals surface area contributed by atoms with Crippen LogP contribution in [0.3, 0.4) is 0 Å². The number of benzene rings is 1. The molecule has 0 atom stereocenters. The van der Waals surface area contributed by atoms with Gasteiger partial charge in [-0.1, -0.05) is 6.07 Å². The molecule has 2 aromatic heterocycles. The van der Waals surface area contributed by atoms with E-state index >= 15 is 0 Å². The zero-order valence-electron chi connectivity index (χ0n) is 23.4. The number of carbonyl (C=O) groups excluding carboxylic acids is 1. The highest BCUT2D eigenvalue weighted by atomic mass is 19.1. The largest absolute Gasteiger partial charge is 0.424 e. The summed E-state index contributed by atoms with van der Waals surface area (Å²) in [7, 11) is 0. The van der Waals surface area contributed by atoms with Crippen molar-refractivity contribution >= 4 is 11.6 Å². The Hall–Kier alpha value is -3.10. The lowest BCUT2D eigenvalue weighted by Crippen LogP contribution is -2.65. The van der Waals surface area contributed by atoms with Crippen molar-refractivity contribution in [3.05, 3.63) is 41.9 Å². The molecule has 1 aromatic carbocycles. The van der Waals surface area contributed by atoms with E-state index in [9.17, 15) is 9.18 Å². The van der Waals surface area contributed by atoms with Crippen molar-refractivity contribution in [1.82, 2.24) is 20.4 Å². The second-order valence-electron chi connectivity index (χ2n) is 14.6. The van der Waals surface area contributed by atoms with Gasteiger partial charge in [-0.3, -0.25) is 4.79 Å². The van der Waals surface area contributed by atoms with Gasteiger partial charge in [0, 0.05) is 41.5 Å². The highest BCUT2D eigenvalue weighted by molar-refractivity contribution is 5.94. The monoisotopic (exact) mass is 557 g/mol. The molecule has 3 aromatic rings. The number of amides is 1. The number of hydrogen-bond donors (Lipinski definition) is 0. The second kappa shape index (κ2) is 8.26. The topological polar surface area (TPSA) is 98.2 Å². The van der Waals surface area contributed by atoms with E-state index in [1.165, 1.54) is 0 Å². The summed E-state index contributed by atoms with van der Waals surface area (Å²) < 4.78 is 26.6. The number of rotatable bonds is 9. The van der Waals surface area contributed by atoms with E-state index in [2.05, 4.69) is 20.4 Å². The smallest absolute Gasteiger partial charge is 0.247 e. The molecule has 41 heavy (non-hydrogen) atoms. The van der Waals surface area contributed by atoms with Gasteiger partial charge in [0.05, 0.1) is 0 Å². The van der Waals surface area contributed by atoms with E-state index in [-0.39, 0.29) is 22.2 Å². The summed E-state index contributed by atoms with van der Waals surface area (Å²) in [6.07, 6.45) is 12.7. The molecule has 0 radical (unpaired) electrons. The van der Waals surface area contributed by atoms with Crippen LogP contribution in [0.1, 0.15) is 119 Å². The van der Waals surface area contributed by atoms with Gasteiger partial charge in [0.2, 0.25) is 29.5 Å². The lowest BCUT2D eigenvalue weighted by Gasteiger charge is -2.66. The number of aromatic nitrogens is 4. The lowest BCUT2D eigenvalue weighted by molar-refractivity contribution is -0.215. The van der Waals surface area contributed by atoms with Gasteiger partial charge in [0.1, 0.15) is 5.67 Å². The maximum absolute atomic E-state index is 14.3. The third-order valence-electron chi connectivity index (χ3n) is 11.4. The van der Waals surface area contributed by atoms with Gasteiger partial charge in [-0.15, -0.1) is 20.4 Å².